The molecule has 2 aromatic rings. The van der Waals surface area contributed by atoms with Crippen molar-refractivity contribution in [3.05, 3.63) is 59.7 Å². The SMILES string of the molecule is COc1cccc([C@H](C)OC(=O)CCc2cccc(N(C)C)c2)c1. The van der Waals surface area contributed by atoms with E-state index in [-0.39, 0.29) is 12.1 Å². The van der Waals surface area contributed by atoms with Crippen LogP contribution in [0.3, 0.4) is 0 Å². The minimum atomic E-state index is -0.291. The van der Waals surface area contributed by atoms with Crippen molar-refractivity contribution in [3.63, 3.8) is 0 Å². The standard InChI is InChI=1S/C20H25NO3/c1-15(17-8-6-10-19(14-17)23-4)24-20(22)12-11-16-7-5-9-18(13-16)21(2)3/h5-10,13-15H,11-12H2,1-4H3/t15-/m0/s1. The molecule has 0 radical (unpaired) electrons. The molecule has 2 rings (SSSR count). The number of ether oxygens (including phenoxy) is 2. The summed E-state index contributed by atoms with van der Waals surface area (Å²) in [4.78, 5) is 14.2. The molecule has 4 nitrogen and oxygen atoms in total. The highest BCUT2D eigenvalue weighted by Gasteiger charge is 2.12. The fourth-order valence-electron chi connectivity index (χ4n) is 2.46. The van der Waals surface area contributed by atoms with E-state index < -0.39 is 0 Å². The molecule has 0 spiro atoms. The van der Waals surface area contributed by atoms with Gasteiger partial charge in [-0.2, -0.15) is 0 Å². The van der Waals surface area contributed by atoms with E-state index in [1.165, 1.54) is 0 Å². The van der Waals surface area contributed by atoms with E-state index in [0.717, 1.165) is 22.6 Å². The average molecular weight is 327 g/mol. The molecule has 4 heteroatoms. The Morgan fingerprint density at radius 1 is 1.12 bits per heavy atom. The molecule has 0 amide bonds. The third-order valence-corrected chi connectivity index (χ3v) is 3.92. The number of nitrogens with zero attached hydrogens (tertiary/aromatic N) is 1. The van der Waals surface area contributed by atoms with Crippen molar-refractivity contribution >= 4 is 11.7 Å². The molecule has 128 valence electrons. The van der Waals surface area contributed by atoms with Gasteiger partial charge in [-0.3, -0.25) is 4.79 Å². The maximum atomic E-state index is 12.1. The highest BCUT2D eigenvalue weighted by molar-refractivity contribution is 5.70. The van der Waals surface area contributed by atoms with Gasteiger partial charge in [0.25, 0.3) is 0 Å². The predicted octanol–water partition coefficient (Wildman–Crippen LogP) is 4.00. The van der Waals surface area contributed by atoms with E-state index in [1.54, 1.807) is 7.11 Å². The maximum absolute atomic E-state index is 12.1. The molecule has 0 saturated heterocycles. The number of aryl methyl sites for hydroxylation is 1. The van der Waals surface area contributed by atoms with Gasteiger partial charge in [-0.15, -0.1) is 0 Å². The lowest BCUT2D eigenvalue weighted by atomic mass is 10.1. The molecule has 0 unspecified atom stereocenters. The van der Waals surface area contributed by atoms with Gasteiger partial charge in [0.1, 0.15) is 11.9 Å². The summed E-state index contributed by atoms with van der Waals surface area (Å²) in [5.74, 6) is 0.566. The van der Waals surface area contributed by atoms with E-state index in [4.69, 9.17) is 9.47 Å². The molecule has 0 aliphatic heterocycles. The Bertz CT molecular complexity index is 682. The third-order valence-electron chi connectivity index (χ3n) is 3.92. The number of anilines is 1. The lowest BCUT2D eigenvalue weighted by Crippen LogP contribution is -2.11. The molecule has 0 fully saturated rings. The first kappa shape index (κ1) is 17.9. The first-order valence-corrected chi connectivity index (χ1v) is 8.09. The van der Waals surface area contributed by atoms with E-state index in [2.05, 4.69) is 6.07 Å². The van der Waals surface area contributed by atoms with Gasteiger partial charge < -0.3 is 14.4 Å². The van der Waals surface area contributed by atoms with Crippen LogP contribution in [0.4, 0.5) is 5.69 Å². The zero-order valence-corrected chi connectivity index (χ0v) is 14.8. The molecule has 0 saturated carbocycles. The molecular formula is C20H25NO3. The van der Waals surface area contributed by atoms with Gasteiger partial charge in [0.15, 0.2) is 0 Å². The predicted molar refractivity (Wildman–Crippen MR) is 96.6 cm³/mol. The molecule has 0 bridgehead atoms. The quantitative estimate of drug-likeness (QED) is 0.721. The van der Waals surface area contributed by atoms with Crippen LogP contribution in [0.1, 0.15) is 30.6 Å². The summed E-state index contributed by atoms with van der Waals surface area (Å²) in [6.07, 6.45) is 0.747. The van der Waals surface area contributed by atoms with Crippen molar-refractivity contribution in [1.82, 2.24) is 0 Å². The summed E-state index contributed by atoms with van der Waals surface area (Å²) in [5, 5.41) is 0. The lowest BCUT2D eigenvalue weighted by Gasteiger charge is -2.15. The number of hydrogen-bond donors (Lipinski definition) is 0. The van der Waals surface area contributed by atoms with Crippen LogP contribution in [0.25, 0.3) is 0 Å². The highest BCUT2D eigenvalue weighted by atomic mass is 16.5. The van der Waals surface area contributed by atoms with Crippen molar-refractivity contribution in [2.75, 3.05) is 26.1 Å². The second-order valence-corrected chi connectivity index (χ2v) is 5.97. The van der Waals surface area contributed by atoms with Crippen molar-refractivity contribution in [3.8, 4) is 5.75 Å². The minimum absolute atomic E-state index is 0.194. The van der Waals surface area contributed by atoms with Crippen LogP contribution in [-0.4, -0.2) is 27.2 Å². The van der Waals surface area contributed by atoms with Crippen LogP contribution in [0.2, 0.25) is 0 Å². The second kappa shape index (κ2) is 8.39. The number of methoxy groups -OCH3 is 1. The Morgan fingerprint density at radius 2 is 1.88 bits per heavy atom. The number of hydrogen-bond acceptors (Lipinski definition) is 4. The Kier molecular flexibility index (Phi) is 6.24. The normalized spacial score (nSPS) is 11.7. The zero-order chi connectivity index (χ0) is 17.5. The van der Waals surface area contributed by atoms with Crippen molar-refractivity contribution in [2.24, 2.45) is 0 Å². The minimum Gasteiger partial charge on any atom is -0.497 e. The Morgan fingerprint density at radius 3 is 2.58 bits per heavy atom. The summed E-state index contributed by atoms with van der Waals surface area (Å²) in [5.41, 5.74) is 3.19. The van der Waals surface area contributed by atoms with E-state index in [0.29, 0.717) is 12.8 Å². The molecule has 0 aromatic heterocycles. The zero-order valence-electron chi connectivity index (χ0n) is 14.8. The third kappa shape index (κ3) is 5.01. The number of esters is 1. The number of carbonyl (C=O) groups is 1. The van der Waals surface area contributed by atoms with Crippen molar-refractivity contribution in [2.45, 2.75) is 25.9 Å². The lowest BCUT2D eigenvalue weighted by molar-refractivity contribution is -0.148. The van der Waals surface area contributed by atoms with E-state index in [9.17, 15) is 4.79 Å². The Labute approximate surface area is 144 Å². The first-order valence-electron chi connectivity index (χ1n) is 8.09. The maximum Gasteiger partial charge on any atom is 0.306 e. The summed E-state index contributed by atoms with van der Waals surface area (Å²) < 4.78 is 10.7. The van der Waals surface area contributed by atoms with Gasteiger partial charge in [-0.25, -0.2) is 0 Å². The average Bonchev–Trinajstić information content (AvgIpc) is 2.60. The van der Waals surface area contributed by atoms with Gasteiger partial charge in [0.2, 0.25) is 0 Å². The van der Waals surface area contributed by atoms with Crippen LogP contribution < -0.4 is 9.64 Å². The van der Waals surface area contributed by atoms with E-state index >= 15 is 0 Å². The summed E-state index contributed by atoms with van der Waals surface area (Å²) in [6.45, 7) is 1.87. The molecule has 0 N–H and O–H groups in total. The fourth-order valence-corrected chi connectivity index (χ4v) is 2.46. The van der Waals surface area contributed by atoms with Crippen LogP contribution in [0.15, 0.2) is 48.5 Å². The number of carbonyl (C=O) groups excluding carboxylic acids is 1. The summed E-state index contributed by atoms with van der Waals surface area (Å²) >= 11 is 0. The largest absolute Gasteiger partial charge is 0.497 e. The van der Waals surface area contributed by atoms with Crippen molar-refractivity contribution in [1.29, 1.82) is 0 Å². The summed E-state index contributed by atoms with van der Waals surface area (Å²) in [7, 11) is 5.63. The van der Waals surface area contributed by atoms with Crippen LogP contribution >= 0.6 is 0 Å². The first-order chi connectivity index (χ1) is 11.5. The van der Waals surface area contributed by atoms with Gasteiger partial charge >= 0.3 is 5.97 Å². The fraction of sp³-hybridized carbons (Fsp3) is 0.350. The van der Waals surface area contributed by atoms with Gasteiger partial charge in [-0.05, 0) is 48.7 Å². The molecular weight excluding hydrogens is 302 g/mol. The molecule has 0 aliphatic carbocycles. The smallest absolute Gasteiger partial charge is 0.306 e. The topological polar surface area (TPSA) is 38.8 Å². The van der Waals surface area contributed by atoms with Crippen LogP contribution in [0.5, 0.6) is 5.75 Å². The highest BCUT2D eigenvalue weighted by Crippen LogP contribution is 2.22. The van der Waals surface area contributed by atoms with E-state index in [1.807, 2.05) is 68.4 Å². The number of rotatable bonds is 7. The monoisotopic (exact) mass is 327 g/mol. The molecule has 1 atom stereocenters. The van der Waals surface area contributed by atoms with Gasteiger partial charge in [0.05, 0.1) is 7.11 Å². The van der Waals surface area contributed by atoms with Gasteiger partial charge in [0, 0.05) is 26.2 Å². The molecule has 0 heterocycles. The molecule has 24 heavy (non-hydrogen) atoms. The molecule has 0 aliphatic rings. The van der Waals surface area contributed by atoms with Gasteiger partial charge in [-0.1, -0.05) is 24.3 Å². The Hall–Kier alpha value is -2.49. The van der Waals surface area contributed by atoms with Crippen LogP contribution in [-0.2, 0) is 16.0 Å². The van der Waals surface area contributed by atoms with Crippen molar-refractivity contribution < 1.29 is 14.3 Å². The molecule has 2 aromatic carbocycles. The van der Waals surface area contributed by atoms with Crippen LogP contribution in [0, 0.1) is 0 Å². The summed E-state index contributed by atoms with van der Waals surface area (Å²) in [6, 6.07) is 15.8. The number of benzene rings is 2. The Balaban J connectivity index is 1.89. The second-order valence-electron chi connectivity index (χ2n) is 5.97.